The fourth-order valence-electron chi connectivity index (χ4n) is 6.71. The second kappa shape index (κ2) is 41.4. The van der Waals surface area contributed by atoms with E-state index in [-0.39, 0.29) is 19.0 Å². The fraction of sp³-hybridized carbons (Fsp3) is 0.911. The van der Waals surface area contributed by atoms with E-state index in [4.69, 9.17) is 14.0 Å². The van der Waals surface area contributed by atoms with Gasteiger partial charge in [-0.1, -0.05) is 199 Å². The highest BCUT2D eigenvalue weighted by Gasteiger charge is 2.24. The number of carbonyl (C=O) groups excluding carboxylic acids is 2. The minimum atomic E-state index is -4.26. The Morgan fingerprint density at radius 1 is 0.500 bits per heavy atom. The summed E-state index contributed by atoms with van der Waals surface area (Å²) >= 11 is 0. The molecule has 0 heterocycles. The minimum Gasteiger partial charge on any atom is -0.462 e. The second-order valence-electron chi connectivity index (χ2n) is 15.5. The Labute approximate surface area is 333 Å². The molecule has 0 aromatic carbocycles. The molecule has 0 aliphatic heterocycles. The summed E-state index contributed by atoms with van der Waals surface area (Å²) < 4.78 is 32.0. The predicted octanol–water partition coefficient (Wildman–Crippen LogP) is 14.5. The number of phosphoric ester groups is 1. The summed E-state index contributed by atoms with van der Waals surface area (Å²) in [5.41, 5.74) is 0. The lowest BCUT2D eigenvalue weighted by Crippen LogP contribution is -2.29. The fourth-order valence-corrected chi connectivity index (χ4v) is 7.17. The standard InChI is InChI=1S/C45H87O8P/c1-4-6-8-10-12-14-16-18-20-22-24-26-28-30-32-34-36-38-40-45(47)53-43(42-52-54(48,49)50-3)41-51-44(46)39-37-35-33-31-29-27-25-23-21-19-17-15-13-11-9-7-5-2/h20,22,43H,4-19,21,23-42H2,1-3H3,(H,48,49)/b22-20-. The van der Waals surface area contributed by atoms with Crippen molar-refractivity contribution in [2.75, 3.05) is 20.3 Å². The van der Waals surface area contributed by atoms with Crippen LogP contribution in [0.3, 0.4) is 0 Å². The zero-order valence-electron chi connectivity index (χ0n) is 35.6. The van der Waals surface area contributed by atoms with E-state index in [2.05, 4.69) is 30.5 Å². The summed E-state index contributed by atoms with van der Waals surface area (Å²) in [6.45, 7) is 3.92. The van der Waals surface area contributed by atoms with Gasteiger partial charge in [0.05, 0.1) is 6.61 Å². The Balaban J connectivity index is 3.93. The lowest BCUT2D eigenvalue weighted by molar-refractivity contribution is -0.161. The lowest BCUT2D eigenvalue weighted by atomic mass is 10.0. The highest BCUT2D eigenvalue weighted by molar-refractivity contribution is 7.47. The van der Waals surface area contributed by atoms with Crippen LogP contribution in [0, 0.1) is 0 Å². The molecule has 2 atom stereocenters. The van der Waals surface area contributed by atoms with E-state index in [0.29, 0.717) is 12.8 Å². The second-order valence-corrected chi connectivity index (χ2v) is 17.1. The number of unbranched alkanes of at least 4 members (excludes halogenated alkanes) is 30. The van der Waals surface area contributed by atoms with Crippen molar-refractivity contribution in [1.29, 1.82) is 0 Å². The minimum absolute atomic E-state index is 0.221. The molecule has 0 saturated carbocycles. The molecular formula is C45H87O8P. The van der Waals surface area contributed by atoms with Crippen LogP contribution in [0.5, 0.6) is 0 Å². The van der Waals surface area contributed by atoms with Gasteiger partial charge in [-0.15, -0.1) is 0 Å². The van der Waals surface area contributed by atoms with Gasteiger partial charge in [0.1, 0.15) is 6.61 Å². The molecule has 1 N–H and O–H groups in total. The smallest absolute Gasteiger partial charge is 0.462 e. The van der Waals surface area contributed by atoms with Crippen LogP contribution in [-0.2, 0) is 32.7 Å². The van der Waals surface area contributed by atoms with Gasteiger partial charge in [0, 0.05) is 20.0 Å². The molecule has 0 amide bonds. The van der Waals surface area contributed by atoms with Crippen molar-refractivity contribution < 1.29 is 37.6 Å². The van der Waals surface area contributed by atoms with Crippen LogP contribution in [0.2, 0.25) is 0 Å². The molecule has 2 unspecified atom stereocenters. The molecule has 0 aliphatic rings. The van der Waals surface area contributed by atoms with Crippen LogP contribution in [0.25, 0.3) is 0 Å². The molecule has 0 fully saturated rings. The monoisotopic (exact) mass is 787 g/mol. The Hall–Kier alpha value is -1.21. The number of carbonyl (C=O) groups is 2. The van der Waals surface area contributed by atoms with Crippen LogP contribution in [-0.4, -0.2) is 43.3 Å². The molecule has 0 spiro atoms. The number of phosphoric acid groups is 1. The van der Waals surface area contributed by atoms with Gasteiger partial charge < -0.3 is 14.4 Å². The Bertz CT molecular complexity index is 895. The molecule has 0 aromatic heterocycles. The first-order valence-corrected chi connectivity index (χ1v) is 24.4. The molecule has 9 heteroatoms. The number of hydrogen-bond acceptors (Lipinski definition) is 7. The summed E-state index contributed by atoms with van der Waals surface area (Å²) in [4.78, 5) is 34.5. The van der Waals surface area contributed by atoms with Crippen LogP contribution in [0.4, 0.5) is 0 Å². The van der Waals surface area contributed by atoms with E-state index in [1.54, 1.807) is 0 Å². The van der Waals surface area contributed by atoms with Gasteiger partial charge in [0.15, 0.2) is 6.10 Å². The predicted molar refractivity (Wildman–Crippen MR) is 226 cm³/mol. The van der Waals surface area contributed by atoms with Crippen LogP contribution < -0.4 is 0 Å². The summed E-state index contributed by atoms with van der Waals surface area (Å²) in [6, 6.07) is 0. The average molecular weight is 787 g/mol. The van der Waals surface area contributed by atoms with Gasteiger partial charge in [-0.2, -0.15) is 0 Å². The molecule has 0 rings (SSSR count). The summed E-state index contributed by atoms with van der Waals surface area (Å²) in [5.74, 6) is -0.795. The third kappa shape index (κ3) is 40.5. The van der Waals surface area contributed by atoms with Crippen molar-refractivity contribution in [2.24, 2.45) is 0 Å². The zero-order chi connectivity index (χ0) is 39.6. The third-order valence-electron chi connectivity index (χ3n) is 10.3. The van der Waals surface area contributed by atoms with Crippen LogP contribution in [0.1, 0.15) is 239 Å². The quantitative estimate of drug-likeness (QED) is 0.0282. The highest BCUT2D eigenvalue weighted by Crippen LogP contribution is 2.42. The molecule has 320 valence electrons. The van der Waals surface area contributed by atoms with E-state index in [1.165, 1.54) is 161 Å². The van der Waals surface area contributed by atoms with Crippen LogP contribution in [0.15, 0.2) is 12.2 Å². The normalized spacial score (nSPS) is 13.3. The van der Waals surface area contributed by atoms with Crippen molar-refractivity contribution in [1.82, 2.24) is 0 Å². The lowest BCUT2D eigenvalue weighted by Gasteiger charge is -2.19. The first-order chi connectivity index (χ1) is 26.3. The zero-order valence-corrected chi connectivity index (χ0v) is 36.5. The summed E-state index contributed by atoms with van der Waals surface area (Å²) in [5, 5.41) is 0. The Morgan fingerprint density at radius 3 is 1.20 bits per heavy atom. The van der Waals surface area contributed by atoms with E-state index < -0.39 is 26.5 Å². The molecule has 0 radical (unpaired) electrons. The van der Waals surface area contributed by atoms with Gasteiger partial charge in [-0.25, -0.2) is 4.57 Å². The molecule has 0 aliphatic carbocycles. The number of rotatable bonds is 43. The van der Waals surface area contributed by atoms with E-state index >= 15 is 0 Å². The SMILES string of the molecule is CCCCCCCCC/C=C\CCCCCCCCCC(=O)OC(COC(=O)CCCCCCCCCCCCCCCCCCC)COP(=O)(O)OC. The maximum atomic E-state index is 12.5. The van der Waals surface area contributed by atoms with Crippen molar-refractivity contribution in [3.8, 4) is 0 Å². The molecule has 8 nitrogen and oxygen atoms in total. The van der Waals surface area contributed by atoms with E-state index in [0.717, 1.165) is 52.1 Å². The number of esters is 2. The molecule has 0 bridgehead atoms. The molecule has 0 saturated heterocycles. The largest absolute Gasteiger partial charge is 0.472 e. The van der Waals surface area contributed by atoms with Gasteiger partial charge in [0.2, 0.25) is 0 Å². The number of hydrogen-bond donors (Lipinski definition) is 1. The molecule has 0 aromatic rings. The van der Waals surface area contributed by atoms with Gasteiger partial charge in [-0.3, -0.25) is 18.6 Å². The van der Waals surface area contributed by atoms with Gasteiger partial charge >= 0.3 is 19.8 Å². The maximum absolute atomic E-state index is 12.5. The highest BCUT2D eigenvalue weighted by atomic mass is 31.2. The molecular weight excluding hydrogens is 699 g/mol. The van der Waals surface area contributed by atoms with Crippen LogP contribution >= 0.6 is 7.82 Å². The van der Waals surface area contributed by atoms with Crippen molar-refractivity contribution in [3.05, 3.63) is 12.2 Å². The summed E-state index contributed by atoms with van der Waals surface area (Å²) in [7, 11) is -3.19. The Morgan fingerprint density at radius 2 is 0.833 bits per heavy atom. The first-order valence-electron chi connectivity index (χ1n) is 22.9. The summed E-state index contributed by atoms with van der Waals surface area (Å²) in [6.07, 6.45) is 45.5. The van der Waals surface area contributed by atoms with Gasteiger partial charge in [-0.05, 0) is 38.5 Å². The number of allylic oxidation sites excluding steroid dienone is 2. The average Bonchev–Trinajstić information content (AvgIpc) is 3.16. The van der Waals surface area contributed by atoms with Crippen molar-refractivity contribution in [3.63, 3.8) is 0 Å². The number of ether oxygens (including phenoxy) is 2. The first kappa shape index (κ1) is 52.8. The maximum Gasteiger partial charge on any atom is 0.472 e. The van der Waals surface area contributed by atoms with Crippen molar-refractivity contribution >= 4 is 19.8 Å². The van der Waals surface area contributed by atoms with E-state index in [9.17, 15) is 19.0 Å². The van der Waals surface area contributed by atoms with Gasteiger partial charge in [0.25, 0.3) is 0 Å². The van der Waals surface area contributed by atoms with E-state index in [1.807, 2.05) is 0 Å². The topological polar surface area (TPSA) is 108 Å². The third-order valence-corrected chi connectivity index (χ3v) is 11.2. The van der Waals surface area contributed by atoms with Crippen molar-refractivity contribution in [2.45, 2.75) is 245 Å². The Kier molecular flexibility index (Phi) is 40.5. The molecule has 54 heavy (non-hydrogen) atoms.